The van der Waals surface area contributed by atoms with E-state index in [4.69, 9.17) is 0 Å². The van der Waals surface area contributed by atoms with E-state index in [1.807, 2.05) is 20.8 Å². The topological polar surface area (TPSA) is 49.3 Å². The van der Waals surface area contributed by atoms with Gasteiger partial charge in [-0.25, -0.2) is 0 Å². The van der Waals surface area contributed by atoms with Crippen LogP contribution < -0.4 is 5.32 Å². The Kier molecular flexibility index (Phi) is 6.90. The minimum atomic E-state index is -0.0573. The molecule has 0 bridgehead atoms. The van der Waals surface area contributed by atoms with Gasteiger partial charge in [0.25, 0.3) is 0 Å². The molecular weight excluding hydrogens is 262 g/mol. The summed E-state index contributed by atoms with van der Waals surface area (Å²) in [6, 6.07) is 8.33. The molecule has 2 N–H and O–H groups in total. The van der Waals surface area contributed by atoms with Gasteiger partial charge in [0, 0.05) is 19.1 Å². The zero-order chi connectivity index (χ0) is 15.9. The summed E-state index contributed by atoms with van der Waals surface area (Å²) >= 11 is 0. The van der Waals surface area contributed by atoms with Gasteiger partial charge < -0.3 is 10.4 Å². The summed E-state index contributed by atoms with van der Waals surface area (Å²) in [5, 5.41) is 12.2. The van der Waals surface area contributed by atoms with Crippen molar-refractivity contribution in [3.05, 3.63) is 35.4 Å². The summed E-state index contributed by atoms with van der Waals surface area (Å²) in [6.07, 6.45) is 2.58. The molecule has 0 heterocycles. The maximum absolute atomic E-state index is 12.0. The smallest absolute Gasteiger partial charge is 0.223 e. The molecule has 3 heteroatoms. The van der Waals surface area contributed by atoms with Gasteiger partial charge in [-0.05, 0) is 37.2 Å². The maximum atomic E-state index is 12.0. The molecule has 3 nitrogen and oxygen atoms in total. The molecule has 118 valence electrons. The van der Waals surface area contributed by atoms with Crippen LogP contribution in [-0.2, 0) is 11.2 Å². The molecule has 1 unspecified atom stereocenters. The Hall–Kier alpha value is -1.35. The van der Waals surface area contributed by atoms with Crippen LogP contribution in [0.4, 0.5) is 0 Å². The third kappa shape index (κ3) is 6.76. The van der Waals surface area contributed by atoms with Crippen molar-refractivity contribution in [2.75, 3.05) is 13.2 Å². The number of aliphatic hydroxyl groups excluding tert-OH is 1. The standard InChI is InChI=1S/C18H29NO2/c1-14-6-8-16(9-7-14)12-15(2)17(21)19-11-5-10-18(3,4)13-20/h6-9,15,20H,5,10-13H2,1-4H3,(H,19,21). The van der Waals surface area contributed by atoms with Gasteiger partial charge in [-0.3, -0.25) is 4.79 Å². The first kappa shape index (κ1) is 17.7. The van der Waals surface area contributed by atoms with Crippen molar-refractivity contribution < 1.29 is 9.90 Å². The van der Waals surface area contributed by atoms with Crippen molar-refractivity contribution in [1.82, 2.24) is 5.32 Å². The van der Waals surface area contributed by atoms with E-state index in [9.17, 15) is 9.90 Å². The number of carbonyl (C=O) groups excluding carboxylic acids is 1. The number of carbonyl (C=O) groups is 1. The van der Waals surface area contributed by atoms with Crippen LogP contribution in [0, 0.1) is 18.3 Å². The van der Waals surface area contributed by atoms with Crippen molar-refractivity contribution in [3.8, 4) is 0 Å². The Morgan fingerprint density at radius 3 is 2.48 bits per heavy atom. The second-order valence-electron chi connectivity index (χ2n) is 6.81. The van der Waals surface area contributed by atoms with Crippen LogP contribution in [0.25, 0.3) is 0 Å². The molecular formula is C18H29NO2. The van der Waals surface area contributed by atoms with Gasteiger partial charge in [-0.2, -0.15) is 0 Å². The van der Waals surface area contributed by atoms with E-state index in [1.165, 1.54) is 11.1 Å². The molecule has 0 aliphatic heterocycles. The number of nitrogens with one attached hydrogen (secondary N) is 1. The van der Waals surface area contributed by atoms with Crippen molar-refractivity contribution in [2.45, 2.75) is 47.0 Å². The lowest BCUT2D eigenvalue weighted by Gasteiger charge is -2.21. The van der Waals surface area contributed by atoms with Gasteiger partial charge >= 0.3 is 0 Å². The highest BCUT2D eigenvalue weighted by Gasteiger charge is 2.17. The predicted molar refractivity (Wildman–Crippen MR) is 87.2 cm³/mol. The number of aliphatic hydroxyl groups is 1. The first-order valence-electron chi connectivity index (χ1n) is 7.78. The van der Waals surface area contributed by atoms with Crippen LogP contribution in [0.15, 0.2) is 24.3 Å². The third-order valence-electron chi connectivity index (χ3n) is 3.87. The van der Waals surface area contributed by atoms with Crippen molar-refractivity contribution in [3.63, 3.8) is 0 Å². The highest BCUT2D eigenvalue weighted by molar-refractivity contribution is 5.78. The Labute approximate surface area is 128 Å². The molecule has 0 aliphatic rings. The maximum Gasteiger partial charge on any atom is 0.223 e. The zero-order valence-corrected chi connectivity index (χ0v) is 13.8. The predicted octanol–water partition coefficient (Wildman–Crippen LogP) is 3.09. The van der Waals surface area contributed by atoms with E-state index in [-0.39, 0.29) is 23.8 Å². The third-order valence-corrected chi connectivity index (χ3v) is 3.87. The lowest BCUT2D eigenvalue weighted by Crippen LogP contribution is -2.31. The van der Waals surface area contributed by atoms with Gasteiger partial charge in [0.2, 0.25) is 5.91 Å². The van der Waals surface area contributed by atoms with E-state index in [2.05, 4.69) is 36.5 Å². The van der Waals surface area contributed by atoms with Crippen LogP contribution in [0.5, 0.6) is 0 Å². The fourth-order valence-electron chi connectivity index (χ4n) is 2.20. The fourth-order valence-corrected chi connectivity index (χ4v) is 2.20. The average Bonchev–Trinajstić information content (AvgIpc) is 2.45. The number of hydrogen-bond donors (Lipinski definition) is 2. The van der Waals surface area contributed by atoms with Gasteiger partial charge in [0.05, 0.1) is 0 Å². The van der Waals surface area contributed by atoms with Crippen LogP contribution in [-0.4, -0.2) is 24.2 Å². The molecule has 1 aromatic rings. The largest absolute Gasteiger partial charge is 0.396 e. The van der Waals surface area contributed by atoms with Gasteiger partial charge in [-0.15, -0.1) is 0 Å². The molecule has 0 spiro atoms. The lowest BCUT2D eigenvalue weighted by atomic mass is 9.89. The minimum Gasteiger partial charge on any atom is -0.396 e. The van der Waals surface area contributed by atoms with Crippen LogP contribution in [0.1, 0.15) is 44.7 Å². The fraction of sp³-hybridized carbons (Fsp3) is 0.611. The zero-order valence-electron chi connectivity index (χ0n) is 13.8. The van der Waals surface area contributed by atoms with E-state index >= 15 is 0 Å². The second kappa shape index (κ2) is 8.18. The molecule has 0 saturated carbocycles. The molecule has 0 aromatic heterocycles. The van der Waals surface area contributed by atoms with Gasteiger partial charge in [-0.1, -0.05) is 50.6 Å². The van der Waals surface area contributed by atoms with Crippen LogP contribution >= 0.6 is 0 Å². The molecule has 1 rings (SSSR count). The summed E-state index contributed by atoms with van der Waals surface area (Å²) < 4.78 is 0. The van der Waals surface area contributed by atoms with E-state index in [0.717, 1.165) is 19.3 Å². The quantitative estimate of drug-likeness (QED) is 0.723. The molecule has 0 fully saturated rings. The molecule has 0 radical (unpaired) electrons. The van der Waals surface area contributed by atoms with Crippen LogP contribution in [0.2, 0.25) is 0 Å². The average molecular weight is 291 g/mol. The number of amides is 1. The Balaban J connectivity index is 2.30. The Bertz CT molecular complexity index is 437. The van der Waals surface area contributed by atoms with Crippen molar-refractivity contribution >= 4 is 5.91 Å². The Morgan fingerprint density at radius 2 is 1.90 bits per heavy atom. The SMILES string of the molecule is Cc1ccc(CC(C)C(=O)NCCCC(C)(C)CO)cc1. The number of benzene rings is 1. The minimum absolute atomic E-state index is 0.0152. The Morgan fingerprint density at radius 1 is 1.29 bits per heavy atom. The summed E-state index contributed by atoms with van der Waals surface area (Å²) in [5.74, 6) is 0.0935. The first-order valence-corrected chi connectivity index (χ1v) is 7.78. The van der Waals surface area contributed by atoms with Crippen molar-refractivity contribution in [2.24, 2.45) is 11.3 Å². The number of hydrogen-bond acceptors (Lipinski definition) is 2. The lowest BCUT2D eigenvalue weighted by molar-refractivity contribution is -0.124. The van der Waals surface area contributed by atoms with E-state index in [1.54, 1.807) is 0 Å². The van der Waals surface area contributed by atoms with Gasteiger partial charge in [0.1, 0.15) is 0 Å². The summed E-state index contributed by atoms with van der Waals surface area (Å²) in [5.41, 5.74) is 2.38. The second-order valence-corrected chi connectivity index (χ2v) is 6.81. The molecule has 1 atom stereocenters. The van der Waals surface area contributed by atoms with Gasteiger partial charge in [0.15, 0.2) is 0 Å². The van der Waals surface area contributed by atoms with Crippen LogP contribution in [0.3, 0.4) is 0 Å². The highest BCUT2D eigenvalue weighted by atomic mass is 16.3. The monoisotopic (exact) mass is 291 g/mol. The summed E-state index contributed by atoms with van der Waals surface area (Å²) in [6.45, 7) is 8.97. The number of aryl methyl sites for hydroxylation is 1. The molecule has 0 aliphatic carbocycles. The van der Waals surface area contributed by atoms with E-state index in [0.29, 0.717) is 6.54 Å². The summed E-state index contributed by atoms with van der Waals surface area (Å²) in [7, 11) is 0. The molecule has 1 aromatic carbocycles. The first-order chi connectivity index (χ1) is 9.84. The molecule has 1 amide bonds. The normalized spacial score (nSPS) is 13.0. The summed E-state index contributed by atoms with van der Waals surface area (Å²) in [4.78, 5) is 12.0. The number of rotatable bonds is 8. The van der Waals surface area contributed by atoms with Crippen molar-refractivity contribution in [1.29, 1.82) is 0 Å². The molecule has 0 saturated heterocycles. The molecule has 21 heavy (non-hydrogen) atoms. The highest BCUT2D eigenvalue weighted by Crippen LogP contribution is 2.20. The van der Waals surface area contributed by atoms with E-state index < -0.39 is 0 Å².